The van der Waals surface area contributed by atoms with Crippen LogP contribution in [-0.2, 0) is 37.4 Å². The topological polar surface area (TPSA) is 128 Å². The average Bonchev–Trinajstić information content (AvgIpc) is 2.74. The van der Waals surface area contributed by atoms with Gasteiger partial charge in [-0.1, -0.05) is 60.7 Å². The van der Waals surface area contributed by atoms with Crippen LogP contribution in [0.3, 0.4) is 0 Å². The van der Waals surface area contributed by atoms with E-state index < -0.39 is 52.9 Å². The zero-order valence-corrected chi connectivity index (χ0v) is 17.2. The normalized spacial score (nSPS) is 27.1. The number of hydrogen-bond donors (Lipinski definition) is 3. The summed E-state index contributed by atoms with van der Waals surface area (Å²) in [5.41, 5.74) is 1.72. The molecule has 2 aromatic rings. The Balaban J connectivity index is 1.75. The molecule has 3 rings (SSSR count). The highest BCUT2D eigenvalue weighted by Crippen LogP contribution is 2.31. The van der Waals surface area contributed by atoms with Gasteiger partial charge in [-0.3, -0.25) is 0 Å². The van der Waals surface area contributed by atoms with E-state index in [9.17, 15) is 18.6 Å². The number of nitrogens with two attached hydrogens (primary N) is 1. The fourth-order valence-corrected chi connectivity index (χ4v) is 4.35. The van der Waals surface area contributed by atoms with Crippen LogP contribution in [0, 0.1) is 5.92 Å². The number of aliphatic hydroxyl groups is 2. The summed E-state index contributed by atoms with van der Waals surface area (Å²) < 4.78 is 40.9. The highest BCUT2D eigenvalue weighted by Gasteiger charge is 2.47. The zero-order valence-electron chi connectivity index (χ0n) is 16.4. The molecule has 1 heterocycles. The van der Waals surface area contributed by atoms with Gasteiger partial charge >= 0.3 is 0 Å². The third kappa shape index (κ3) is 6.32. The third-order valence-electron chi connectivity index (χ3n) is 4.95. The van der Waals surface area contributed by atoms with Crippen molar-refractivity contribution in [2.75, 3.05) is 12.4 Å². The van der Waals surface area contributed by atoms with Crippen molar-refractivity contribution in [1.29, 1.82) is 0 Å². The molecule has 1 aliphatic rings. The molecular weight excluding hydrogens is 410 g/mol. The second kappa shape index (κ2) is 10.5. The molecule has 5 atom stereocenters. The van der Waals surface area contributed by atoms with Crippen molar-refractivity contribution in [1.82, 2.24) is 0 Å². The van der Waals surface area contributed by atoms with Crippen LogP contribution in [0.1, 0.15) is 11.1 Å². The molecule has 4 N–H and O–H groups in total. The fraction of sp³-hybridized carbons (Fsp3) is 0.429. The van der Waals surface area contributed by atoms with E-state index in [1.54, 1.807) is 0 Å². The first kappa shape index (κ1) is 22.8. The van der Waals surface area contributed by atoms with Gasteiger partial charge in [0.1, 0.15) is 12.2 Å². The van der Waals surface area contributed by atoms with E-state index in [2.05, 4.69) is 0 Å². The standard InChI is InChI=1S/C21H27NO7S/c22-30(25,26)14-17-19(24)20(27-12-15-7-3-1-4-8-15)18(11-23)29-21(17)28-13-16-9-5-2-6-10-16/h1-10,17-21,23-24H,11-14H2,(H2,22,25,26)/t17-,18-,19-,20-,21-/m1/s1. The van der Waals surface area contributed by atoms with Crippen LogP contribution in [0.5, 0.6) is 0 Å². The molecule has 164 valence electrons. The number of hydrogen-bond acceptors (Lipinski definition) is 7. The molecular formula is C21H27NO7S. The van der Waals surface area contributed by atoms with E-state index in [1.807, 2.05) is 60.7 Å². The van der Waals surface area contributed by atoms with Gasteiger partial charge in [-0.2, -0.15) is 0 Å². The number of ether oxygens (including phenoxy) is 3. The summed E-state index contributed by atoms with van der Waals surface area (Å²) in [6, 6.07) is 18.6. The van der Waals surface area contributed by atoms with Gasteiger partial charge in [0.2, 0.25) is 10.0 Å². The average molecular weight is 438 g/mol. The minimum absolute atomic E-state index is 0.146. The van der Waals surface area contributed by atoms with Gasteiger partial charge < -0.3 is 24.4 Å². The number of rotatable bonds is 9. The van der Waals surface area contributed by atoms with E-state index in [4.69, 9.17) is 19.3 Å². The monoisotopic (exact) mass is 437 g/mol. The van der Waals surface area contributed by atoms with Gasteiger partial charge in [-0.15, -0.1) is 0 Å². The Morgan fingerprint density at radius 1 is 0.933 bits per heavy atom. The Hall–Kier alpha value is -1.85. The molecule has 2 aromatic carbocycles. The molecule has 0 spiro atoms. The molecule has 0 aromatic heterocycles. The van der Waals surface area contributed by atoms with Crippen LogP contribution in [0.4, 0.5) is 0 Å². The zero-order chi connectivity index (χ0) is 21.6. The Labute approximate surface area is 176 Å². The molecule has 0 aliphatic carbocycles. The molecule has 0 amide bonds. The van der Waals surface area contributed by atoms with Gasteiger partial charge in [0.15, 0.2) is 6.29 Å². The molecule has 0 bridgehead atoms. The minimum Gasteiger partial charge on any atom is -0.394 e. The fourth-order valence-electron chi connectivity index (χ4n) is 3.46. The highest BCUT2D eigenvalue weighted by atomic mass is 32.2. The summed E-state index contributed by atoms with van der Waals surface area (Å²) in [5, 5.41) is 25.9. The highest BCUT2D eigenvalue weighted by molar-refractivity contribution is 7.89. The lowest BCUT2D eigenvalue weighted by Crippen LogP contribution is -2.59. The molecule has 1 fully saturated rings. The van der Waals surface area contributed by atoms with Crippen LogP contribution < -0.4 is 5.14 Å². The maximum absolute atomic E-state index is 11.8. The Kier molecular flexibility index (Phi) is 7.95. The number of benzene rings is 2. The maximum Gasteiger partial charge on any atom is 0.209 e. The molecule has 0 radical (unpaired) electrons. The lowest BCUT2D eigenvalue weighted by atomic mass is 9.92. The maximum atomic E-state index is 11.8. The van der Waals surface area contributed by atoms with Crippen LogP contribution in [0.2, 0.25) is 0 Å². The lowest BCUT2D eigenvalue weighted by Gasteiger charge is -2.43. The van der Waals surface area contributed by atoms with E-state index >= 15 is 0 Å². The quantitative estimate of drug-likeness (QED) is 0.529. The molecule has 8 nitrogen and oxygen atoms in total. The molecule has 9 heteroatoms. The molecule has 30 heavy (non-hydrogen) atoms. The largest absolute Gasteiger partial charge is 0.394 e. The van der Waals surface area contributed by atoms with Gasteiger partial charge in [-0.25, -0.2) is 13.6 Å². The summed E-state index contributed by atoms with van der Waals surface area (Å²) in [5.74, 6) is -1.52. The third-order valence-corrected chi connectivity index (χ3v) is 5.80. The summed E-state index contributed by atoms with van der Waals surface area (Å²) in [6.45, 7) is -0.114. The molecule has 1 aliphatic heterocycles. The summed E-state index contributed by atoms with van der Waals surface area (Å²) in [7, 11) is -3.93. The van der Waals surface area contributed by atoms with Crippen LogP contribution in [0.15, 0.2) is 60.7 Å². The SMILES string of the molecule is NS(=O)(=O)C[C@H]1[C@H](OCc2ccccc2)O[C@H](CO)[C@@H](OCc2ccccc2)[C@@H]1O. The van der Waals surface area contributed by atoms with Crippen LogP contribution in [0.25, 0.3) is 0 Å². The van der Waals surface area contributed by atoms with Gasteiger partial charge in [0, 0.05) is 0 Å². The predicted octanol–water partition coefficient (Wildman–Crippen LogP) is 0.771. The number of primary sulfonamides is 1. The van der Waals surface area contributed by atoms with Crippen molar-refractivity contribution in [3.05, 3.63) is 71.8 Å². The smallest absolute Gasteiger partial charge is 0.209 e. The van der Waals surface area contributed by atoms with E-state index in [1.165, 1.54) is 0 Å². The van der Waals surface area contributed by atoms with Crippen molar-refractivity contribution in [2.24, 2.45) is 11.1 Å². The van der Waals surface area contributed by atoms with E-state index in [0.29, 0.717) is 0 Å². The lowest BCUT2D eigenvalue weighted by molar-refractivity contribution is -0.293. The van der Waals surface area contributed by atoms with Crippen molar-refractivity contribution in [3.63, 3.8) is 0 Å². The minimum atomic E-state index is -3.93. The Bertz CT molecular complexity index is 879. The molecule has 1 saturated heterocycles. The molecule has 0 saturated carbocycles. The van der Waals surface area contributed by atoms with Gasteiger partial charge in [-0.05, 0) is 11.1 Å². The first-order valence-electron chi connectivity index (χ1n) is 9.63. The van der Waals surface area contributed by atoms with Gasteiger partial charge in [0.05, 0.1) is 37.6 Å². The van der Waals surface area contributed by atoms with Crippen LogP contribution in [-0.4, -0.2) is 55.6 Å². The van der Waals surface area contributed by atoms with Crippen molar-refractivity contribution in [2.45, 2.75) is 37.8 Å². The predicted molar refractivity (Wildman–Crippen MR) is 109 cm³/mol. The van der Waals surface area contributed by atoms with Crippen molar-refractivity contribution >= 4 is 10.0 Å². The van der Waals surface area contributed by atoms with Crippen LogP contribution >= 0.6 is 0 Å². The Morgan fingerprint density at radius 2 is 1.47 bits per heavy atom. The first-order valence-corrected chi connectivity index (χ1v) is 11.3. The second-order valence-electron chi connectivity index (χ2n) is 7.27. The second-order valence-corrected chi connectivity index (χ2v) is 8.93. The number of sulfonamides is 1. The van der Waals surface area contributed by atoms with Crippen molar-refractivity contribution in [3.8, 4) is 0 Å². The van der Waals surface area contributed by atoms with E-state index in [-0.39, 0.29) is 13.2 Å². The Morgan fingerprint density at radius 3 is 1.97 bits per heavy atom. The summed E-state index contributed by atoms with van der Waals surface area (Å²) >= 11 is 0. The molecule has 0 unspecified atom stereocenters. The van der Waals surface area contributed by atoms with Crippen molar-refractivity contribution < 1.29 is 32.8 Å². The number of aliphatic hydroxyl groups excluding tert-OH is 2. The summed E-state index contributed by atoms with van der Waals surface area (Å²) in [6.07, 6.45) is -4.18. The summed E-state index contributed by atoms with van der Waals surface area (Å²) in [4.78, 5) is 0. The van der Waals surface area contributed by atoms with Gasteiger partial charge in [0.25, 0.3) is 0 Å². The van der Waals surface area contributed by atoms with E-state index in [0.717, 1.165) is 11.1 Å². The first-order chi connectivity index (χ1) is 14.4.